The number of nitrogens with zero attached hydrogens (tertiary/aromatic N) is 2. The minimum atomic E-state index is -0.367. The summed E-state index contributed by atoms with van der Waals surface area (Å²) in [5, 5.41) is 4.04. The molecule has 0 unspecified atom stereocenters. The Kier molecular flexibility index (Phi) is 4.85. The van der Waals surface area contributed by atoms with Gasteiger partial charge in [-0.3, -0.25) is 9.59 Å². The van der Waals surface area contributed by atoms with Gasteiger partial charge in [0.1, 0.15) is 6.04 Å². The minimum absolute atomic E-state index is 0.0491. The standard InChI is InChI=1S/C18H24N4O2/c1-21(2)10-9-19-18(24)16-7-8-17(23)22(16)12-13-11-20-15-6-4-3-5-14(13)15/h3-6,11,16,20H,7-10,12H2,1-2H3,(H,19,24)/t16-/m0/s1. The molecule has 1 aromatic carbocycles. The van der Waals surface area contributed by atoms with E-state index in [2.05, 4.69) is 10.3 Å². The molecule has 1 atom stereocenters. The molecule has 2 N–H and O–H groups in total. The van der Waals surface area contributed by atoms with E-state index in [4.69, 9.17) is 0 Å². The molecule has 1 aliphatic rings. The molecule has 0 spiro atoms. The first-order valence-corrected chi connectivity index (χ1v) is 8.33. The van der Waals surface area contributed by atoms with Gasteiger partial charge in [-0.05, 0) is 32.1 Å². The van der Waals surface area contributed by atoms with E-state index in [1.165, 1.54) is 0 Å². The highest BCUT2D eigenvalue weighted by Gasteiger charge is 2.36. The van der Waals surface area contributed by atoms with Crippen molar-refractivity contribution in [3.63, 3.8) is 0 Å². The van der Waals surface area contributed by atoms with E-state index in [0.717, 1.165) is 23.0 Å². The van der Waals surface area contributed by atoms with Crippen LogP contribution in [0.5, 0.6) is 0 Å². The van der Waals surface area contributed by atoms with Gasteiger partial charge in [0.15, 0.2) is 0 Å². The second-order valence-electron chi connectivity index (χ2n) is 6.53. The van der Waals surface area contributed by atoms with Gasteiger partial charge in [0.25, 0.3) is 0 Å². The second-order valence-corrected chi connectivity index (χ2v) is 6.53. The number of benzene rings is 1. The maximum atomic E-state index is 12.4. The first-order chi connectivity index (χ1) is 11.6. The number of likely N-dealkylation sites (tertiary alicyclic amines) is 1. The number of H-pyrrole nitrogens is 1. The first kappa shape index (κ1) is 16.5. The molecule has 0 aliphatic carbocycles. The van der Waals surface area contributed by atoms with E-state index < -0.39 is 0 Å². The van der Waals surface area contributed by atoms with Crippen LogP contribution >= 0.6 is 0 Å². The van der Waals surface area contributed by atoms with Gasteiger partial charge in [-0.1, -0.05) is 18.2 Å². The number of rotatable bonds is 6. The fraction of sp³-hybridized carbons (Fsp3) is 0.444. The third-order valence-electron chi connectivity index (χ3n) is 4.50. The van der Waals surface area contributed by atoms with Crippen LogP contribution in [0.2, 0.25) is 0 Å². The van der Waals surface area contributed by atoms with Crippen molar-refractivity contribution in [3.8, 4) is 0 Å². The Labute approximate surface area is 141 Å². The number of aromatic nitrogens is 1. The maximum Gasteiger partial charge on any atom is 0.242 e. The molecule has 6 heteroatoms. The molecule has 0 bridgehead atoms. The lowest BCUT2D eigenvalue weighted by atomic mass is 10.1. The number of aromatic amines is 1. The summed E-state index contributed by atoms with van der Waals surface area (Å²) in [6.45, 7) is 1.85. The number of carbonyl (C=O) groups excluding carboxylic acids is 2. The van der Waals surface area contributed by atoms with E-state index >= 15 is 0 Å². The highest BCUT2D eigenvalue weighted by Crippen LogP contribution is 2.25. The van der Waals surface area contributed by atoms with Crippen LogP contribution in [0.4, 0.5) is 0 Å². The fourth-order valence-electron chi connectivity index (χ4n) is 3.17. The van der Waals surface area contributed by atoms with Crippen molar-refractivity contribution in [2.75, 3.05) is 27.2 Å². The molecule has 0 radical (unpaired) electrons. The fourth-order valence-corrected chi connectivity index (χ4v) is 3.17. The van der Waals surface area contributed by atoms with Crippen LogP contribution in [-0.2, 0) is 16.1 Å². The number of nitrogens with one attached hydrogen (secondary N) is 2. The average Bonchev–Trinajstić information content (AvgIpc) is 3.12. The number of carbonyl (C=O) groups is 2. The highest BCUT2D eigenvalue weighted by molar-refractivity contribution is 5.91. The molecule has 128 valence electrons. The lowest BCUT2D eigenvalue weighted by Crippen LogP contribution is -2.45. The molecule has 2 aromatic rings. The van der Waals surface area contributed by atoms with Crippen molar-refractivity contribution in [2.24, 2.45) is 0 Å². The monoisotopic (exact) mass is 328 g/mol. The quantitative estimate of drug-likeness (QED) is 0.841. The van der Waals surface area contributed by atoms with E-state index in [0.29, 0.717) is 25.9 Å². The Morgan fingerprint density at radius 2 is 2.17 bits per heavy atom. The Balaban J connectivity index is 1.70. The minimum Gasteiger partial charge on any atom is -0.361 e. The molecule has 1 fully saturated rings. The Morgan fingerprint density at radius 3 is 2.96 bits per heavy atom. The van der Waals surface area contributed by atoms with Gasteiger partial charge in [-0.2, -0.15) is 0 Å². The molecule has 1 saturated heterocycles. The number of fused-ring (bicyclic) bond motifs is 1. The first-order valence-electron chi connectivity index (χ1n) is 8.33. The van der Waals surface area contributed by atoms with Gasteiger partial charge in [0.05, 0.1) is 0 Å². The highest BCUT2D eigenvalue weighted by atomic mass is 16.2. The van der Waals surface area contributed by atoms with Gasteiger partial charge in [-0.15, -0.1) is 0 Å². The van der Waals surface area contributed by atoms with Crippen LogP contribution in [-0.4, -0.2) is 59.8 Å². The zero-order valence-corrected chi connectivity index (χ0v) is 14.2. The Hall–Kier alpha value is -2.34. The largest absolute Gasteiger partial charge is 0.361 e. The van der Waals surface area contributed by atoms with E-state index in [1.54, 1.807) is 4.90 Å². The van der Waals surface area contributed by atoms with Gasteiger partial charge in [-0.25, -0.2) is 0 Å². The zero-order chi connectivity index (χ0) is 17.1. The third kappa shape index (κ3) is 3.43. The zero-order valence-electron chi connectivity index (χ0n) is 14.2. The molecule has 24 heavy (non-hydrogen) atoms. The SMILES string of the molecule is CN(C)CCNC(=O)[C@@H]1CCC(=O)N1Cc1c[nH]c2ccccc12. The van der Waals surface area contributed by atoms with Crippen molar-refractivity contribution < 1.29 is 9.59 Å². The Morgan fingerprint density at radius 1 is 1.38 bits per heavy atom. The molecule has 1 aromatic heterocycles. The van der Waals surface area contributed by atoms with Crippen LogP contribution in [0.15, 0.2) is 30.5 Å². The van der Waals surface area contributed by atoms with Crippen molar-refractivity contribution >= 4 is 22.7 Å². The summed E-state index contributed by atoms with van der Waals surface area (Å²) in [4.78, 5) is 31.7. The van der Waals surface area contributed by atoms with Crippen molar-refractivity contribution in [1.82, 2.24) is 20.1 Å². The maximum absolute atomic E-state index is 12.4. The summed E-state index contributed by atoms with van der Waals surface area (Å²) < 4.78 is 0. The summed E-state index contributed by atoms with van der Waals surface area (Å²) in [5.41, 5.74) is 2.10. The van der Waals surface area contributed by atoms with Crippen LogP contribution in [0.25, 0.3) is 10.9 Å². The summed E-state index contributed by atoms with van der Waals surface area (Å²) in [7, 11) is 3.93. The van der Waals surface area contributed by atoms with Crippen LogP contribution in [0, 0.1) is 0 Å². The summed E-state index contributed by atoms with van der Waals surface area (Å²) in [6.07, 6.45) is 2.96. The summed E-state index contributed by atoms with van der Waals surface area (Å²) in [5.74, 6) is -0.00409. The van der Waals surface area contributed by atoms with E-state index in [1.807, 2.05) is 49.5 Å². The number of amides is 2. The number of likely N-dealkylation sites (N-methyl/N-ethyl adjacent to an activating group) is 1. The molecule has 0 saturated carbocycles. The topological polar surface area (TPSA) is 68.4 Å². The normalized spacial score (nSPS) is 17.9. The molecule has 2 amide bonds. The number of para-hydroxylation sites is 1. The number of hydrogen-bond acceptors (Lipinski definition) is 3. The van der Waals surface area contributed by atoms with Crippen molar-refractivity contribution in [2.45, 2.75) is 25.4 Å². The average molecular weight is 328 g/mol. The predicted octanol–water partition coefficient (Wildman–Crippen LogP) is 1.34. The summed E-state index contributed by atoms with van der Waals surface area (Å²) in [6, 6.07) is 7.64. The van der Waals surface area contributed by atoms with Gasteiger partial charge >= 0.3 is 0 Å². The second kappa shape index (κ2) is 7.05. The summed E-state index contributed by atoms with van der Waals surface area (Å²) >= 11 is 0. The smallest absolute Gasteiger partial charge is 0.242 e. The lowest BCUT2D eigenvalue weighted by molar-refractivity contribution is -0.135. The van der Waals surface area contributed by atoms with Crippen LogP contribution in [0.1, 0.15) is 18.4 Å². The van der Waals surface area contributed by atoms with Crippen molar-refractivity contribution in [3.05, 3.63) is 36.0 Å². The molecule has 1 aliphatic heterocycles. The molecule has 3 rings (SSSR count). The van der Waals surface area contributed by atoms with Gasteiger partial charge in [0.2, 0.25) is 11.8 Å². The van der Waals surface area contributed by atoms with Gasteiger partial charge in [0, 0.05) is 43.2 Å². The predicted molar refractivity (Wildman–Crippen MR) is 93.4 cm³/mol. The van der Waals surface area contributed by atoms with Crippen LogP contribution < -0.4 is 5.32 Å². The van der Waals surface area contributed by atoms with E-state index in [9.17, 15) is 9.59 Å². The van der Waals surface area contributed by atoms with E-state index in [-0.39, 0.29) is 17.9 Å². The van der Waals surface area contributed by atoms with Crippen LogP contribution in [0.3, 0.4) is 0 Å². The molecule has 6 nitrogen and oxygen atoms in total. The van der Waals surface area contributed by atoms with Crippen molar-refractivity contribution in [1.29, 1.82) is 0 Å². The molecular weight excluding hydrogens is 304 g/mol. The molecular formula is C18H24N4O2. The number of hydrogen-bond donors (Lipinski definition) is 2. The lowest BCUT2D eigenvalue weighted by Gasteiger charge is -2.24. The van der Waals surface area contributed by atoms with Gasteiger partial charge < -0.3 is 20.1 Å². The Bertz CT molecular complexity index is 737. The third-order valence-corrected chi connectivity index (χ3v) is 4.50. The molecule has 2 heterocycles.